The van der Waals surface area contributed by atoms with Gasteiger partial charge in [0.15, 0.2) is 0 Å². The van der Waals surface area contributed by atoms with Gasteiger partial charge in [-0.1, -0.05) is 47.1 Å². The Morgan fingerprint density at radius 2 is 1.53 bits per heavy atom. The molecule has 2 aromatic rings. The molecule has 1 aliphatic heterocycles. The van der Waals surface area contributed by atoms with Gasteiger partial charge in [-0.2, -0.15) is 17.5 Å². The van der Waals surface area contributed by atoms with Crippen molar-refractivity contribution in [2.45, 2.75) is 31.0 Å². The van der Waals surface area contributed by atoms with Crippen LogP contribution in [0.25, 0.3) is 0 Å². The molecule has 0 saturated carbocycles. The third kappa shape index (κ3) is 8.87. The van der Waals surface area contributed by atoms with Crippen LogP contribution in [0, 0.1) is 0 Å². The second-order valence-electron chi connectivity index (χ2n) is 7.83. The van der Waals surface area contributed by atoms with Gasteiger partial charge in [0.05, 0.1) is 11.4 Å². The first kappa shape index (κ1) is 29.7. The van der Waals surface area contributed by atoms with Gasteiger partial charge in [-0.3, -0.25) is 4.79 Å². The molecule has 0 aromatic heterocycles. The summed E-state index contributed by atoms with van der Waals surface area (Å²) in [6.07, 6.45) is -4.16. The number of aryl methyl sites for hydroxylation is 1. The molecule has 1 amide bonds. The van der Waals surface area contributed by atoms with E-state index in [-0.39, 0.29) is 23.9 Å². The number of carboxylic acid groups (broad SMARTS) is 1. The summed E-state index contributed by atoms with van der Waals surface area (Å²) < 4.78 is 60.5. The second-order valence-corrected chi connectivity index (χ2v) is 10.7. The van der Waals surface area contributed by atoms with Crippen molar-refractivity contribution in [2.24, 2.45) is 0 Å². The molecule has 0 radical (unpaired) electrons. The zero-order chi connectivity index (χ0) is 26.9. The number of hydrogen-bond donors (Lipinski definition) is 2. The number of nitrogens with zero attached hydrogens (tertiary/aromatic N) is 2. The molecular formula is C23H27BrF3N3O5S. The minimum atomic E-state index is -5.08. The van der Waals surface area contributed by atoms with Crippen molar-refractivity contribution in [2.75, 3.05) is 32.7 Å². The van der Waals surface area contributed by atoms with Crippen LogP contribution in [-0.2, 0) is 32.6 Å². The molecule has 198 valence electrons. The summed E-state index contributed by atoms with van der Waals surface area (Å²) in [6.45, 7) is 4.69. The molecule has 3 rings (SSSR count). The molecule has 36 heavy (non-hydrogen) atoms. The van der Waals surface area contributed by atoms with E-state index < -0.39 is 22.2 Å². The van der Waals surface area contributed by atoms with E-state index in [9.17, 15) is 26.4 Å². The quantitative estimate of drug-likeness (QED) is 0.510. The number of amides is 1. The molecule has 0 spiro atoms. The van der Waals surface area contributed by atoms with Crippen LogP contribution in [0.4, 0.5) is 13.2 Å². The average Bonchev–Trinajstić information content (AvgIpc) is 2.84. The van der Waals surface area contributed by atoms with Gasteiger partial charge in [-0.15, -0.1) is 0 Å². The lowest BCUT2D eigenvalue weighted by atomic mass is 10.1. The summed E-state index contributed by atoms with van der Waals surface area (Å²) in [5, 5.41) is 10.3. The highest BCUT2D eigenvalue weighted by Gasteiger charge is 2.38. The molecule has 13 heteroatoms. The minimum absolute atomic E-state index is 0.153. The minimum Gasteiger partial charge on any atom is -0.475 e. The Morgan fingerprint density at radius 1 is 1.03 bits per heavy atom. The molecule has 1 saturated heterocycles. The van der Waals surface area contributed by atoms with E-state index in [1.54, 1.807) is 29.2 Å². The molecule has 1 aliphatic rings. The number of carbonyl (C=O) groups excluding carboxylic acids is 1. The molecule has 0 unspecified atom stereocenters. The van der Waals surface area contributed by atoms with Crippen LogP contribution in [0.3, 0.4) is 0 Å². The fourth-order valence-electron chi connectivity index (χ4n) is 3.23. The lowest BCUT2D eigenvalue weighted by Crippen LogP contribution is -2.50. The highest BCUT2D eigenvalue weighted by atomic mass is 79.9. The van der Waals surface area contributed by atoms with Crippen molar-refractivity contribution in [1.29, 1.82) is 0 Å². The monoisotopic (exact) mass is 593 g/mol. The lowest BCUT2D eigenvalue weighted by Gasteiger charge is -2.30. The first-order chi connectivity index (χ1) is 16.8. The normalized spacial score (nSPS) is 14.2. The molecule has 0 atom stereocenters. The van der Waals surface area contributed by atoms with Crippen molar-refractivity contribution < 1.29 is 36.3 Å². The van der Waals surface area contributed by atoms with Gasteiger partial charge in [0, 0.05) is 37.2 Å². The lowest BCUT2D eigenvalue weighted by molar-refractivity contribution is -0.192. The number of carbonyl (C=O) groups is 2. The van der Waals surface area contributed by atoms with Crippen LogP contribution in [-0.4, -0.2) is 73.5 Å². The number of nitrogens with one attached hydrogen (secondary N) is 1. The standard InChI is InChI=1S/C21H26BrN3O3S.C2HF3O2/c1-2-17-3-5-18(6-4-17)15-25(16-21(26)24-13-11-23-12-14-24)29(27,28)20-9-7-19(22)8-10-20;3-2(4,5)1(6)7/h3-10,23H,2,11-16H2,1H3;(H,6,7). The first-order valence-corrected chi connectivity index (χ1v) is 13.2. The summed E-state index contributed by atoms with van der Waals surface area (Å²) in [6, 6.07) is 14.4. The van der Waals surface area contributed by atoms with E-state index in [1.165, 1.54) is 9.87 Å². The number of benzene rings is 2. The summed E-state index contributed by atoms with van der Waals surface area (Å²) in [7, 11) is -3.82. The van der Waals surface area contributed by atoms with E-state index in [1.807, 2.05) is 24.3 Å². The fraction of sp³-hybridized carbons (Fsp3) is 0.391. The van der Waals surface area contributed by atoms with Crippen molar-refractivity contribution in [3.8, 4) is 0 Å². The van der Waals surface area contributed by atoms with Crippen LogP contribution < -0.4 is 5.32 Å². The first-order valence-electron chi connectivity index (χ1n) is 11.0. The zero-order valence-corrected chi connectivity index (χ0v) is 21.9. The Bertz CT molecular complexity index is 1120. The van der Waals surface area contributed by atoms with Gasteiger partial charge in [0.1, 0.15) is 0 Å². The third-order valence-electron chi connectivity index (χ3n) is 5.27. The molecule has 0 bridgehead atoms. The number of piperazine rings is 1. The van der Waals surface area contributed by atoms with Gasteiger partial charge in [-0.05, 0) is 41.8 Å². The number of halogens is 4. The number of sulfonamides is 1. The fourth-order valence-corrected chi connectivity index (χ4v) is 4.87. The van der Waals surface area contributed by atoms with Gasteiger partial charge < -0.3 is 15.3 Å². The van der Waals surface area contributed by atoms with E-state index >= 15 is 0 Å². The van der Waals surface area contributed by atoms with E-state index in [0.717, 1.165) is 29.5 Å². The highest BCUT2D eigenvalue weighted by molar-refractivity contribution is 9.10. The molecule has 2 N–H and O–H groups in total. The van der Waals surface area contributed by atoms with Crippen molar-refractivity contribution >= 4 is 37.8 Å². The number of hydrogen-bond acceptors (Lipinski definition) is 5. The number of rotatable bonds is 7. The van der Waals surface area contributed by atoms with Gasteiger partial charge in [-0.25, -0.2) is 13.2 Å². The maximum atomic E-state index is 13.3. The average molecular weight is 594 g/mol. The molecular weight excluding hydrogens is 567 g/mol. The largest absolute Gasteiger partial charge is 0.490 e. The predicted octanol–water partition coefficient (Wildman–Crippen LogP) is 3.27. The summed E-state index contributed by atoms with van der Waals surface area (Å²) in [5.74, 6) is -2.93. The van der Waals surface area contributed by atoms with Gasteiger partial charge >= 0.3 is 12.1 Å². The summed E-state index contributed by atoms with van der Waals surface area (Å²) >= 11 is 3.33. The third-order valence-corrected chi connectivity index (χ3v) is 7.60. The summed E-state index contributed by atoms with van der Waals surface area (Å²) in [4.78, 5) is 23.6. The van der Waals surface area contributed by atoms with Gasteiger partial charge in [0.2, 0.25) is 15.9 Å². The Hall–Kier alpha value is -2.48. The maximum Gasteiger partial charge on any atom is 0.490 e. The highest BCUT2D eigenvalue weighted by Crippen LogP contribution is 2.21. The van der Waals surface area contributed by atoms with Crippen LogP contribution in [0.1, 0.15) is 18.1 Å². The molecule has 8 nitrogen and oxygen atoms in total. The Morgan fingerprint density at radius 3 is 2.00 bits per heavy atom. The van der Waals surface area contributed by atoms with E-state index in [0.29, 0.717) is 13.1 Å². The van der Waals surface area contributed by atoms with Crippen LogP contribution in [0.15, 0.2) is 57.9 Å². The van der Waals surface area contributed by atoms with Crippen LogP contribution in [0.5, 0.6) is 0 Å². The maximum absolute atomic E-state index is 13.3. The molecule has 1 fully saturated rings. The number of aliphatic carboxylic acids is 1. The number of carboxylic acids is 1. The smallest absolute Gasteiger partial charge is 0.475 e. The molecule has 1 heterocycles. The van der Waals surface area contributed by atoms with Crippen molar-refractivity contribution in [3.63, 3.8) is 0 Å². The Kier molecular flexibility index (Phi) is 10.9. The summed E-state index contributed by atoms with van der Waals surface area (Å²) in [5.41, 5.74) is 2.05. The second kappa shape index (κ2) is 13.2. The van der Waals surface area contributed by atoms with Crippen LogP contribution in [0.2, 0.25) is 0 Å². The Balaban J connectivity index is 0.000000572. The van der Waals surface area contributed by atoms with Crippen molar-refractivity contribution in [3.05, 3.63) is 64.1 Å². The van der Waals surface area contributed by atoms with E-state index in [2.05, 4.69) is 28.2 Å². The SMILES string of the molecule is CCc1ccc(CN(CC(=O)N2CCNCC2)S(=O)(=O)c2ccc(Br)cc2)cc1.O=C(O)C(F)(F)F. The molecule has 0 aliphatic carbocycles. The van der Waals surface area contributed by atoms with Crippen molar-refractivity contribution in [1.82, 2.24) is 14.5 Å². The van der Waals surface area contributed by atoms with E-state index in [4.69, 9.17) is 9.90 Å². The zero-order valence-electron chi connectivity index (χ0n) is 19.5. The van der Waals surface area contributed by atoms with Crippen LogP contribution >= 0.6 is 15.9 Å². The van der Waals surface area contributed by atoms with Gasteiger partial charge in [0.25, 0.3) is 0 Å². The predicted molar refractivity (Wildman–Crippen MR) is 131 cm³/mol. The molecule has 2 aromatic carbocycles. The topological polar surface area (TPSA) is 107 Å². The Labute approximate surface area is 216 Å². The number of alkyl halides is 3.